The molecule has 0 bridgehead atoms. The van der Waals surface area contributed by atoms with Crippen molar-refractivity contribution >= 4 is 27.8 Å². The highest BCUT2D eigenvalue weighted by Crippen LogP contribution is 2.33. The molecule has 192 valence electrons. The number of rotatable bonds is 8. The maximum absolute atomic E-state index is 16.0. The number of H-pyrrole nitrogens is 2. The highest BCUT2D eigenvalue weighted by Gasteiger charge is 2.22. The van der Waals surface area contributed by atoms with Gasteiger partial charge in [-0.05, 0) is 31.9 Å². The van der Waals surface area contributed by atoms with Crippen LogP contribution in [0.2, 0.25) is 0 Å². The molecule has 0 saturated heterocycles. The first-order chi connectivity index (χ1) is 18.5. The fourth-order valence-electron chi connectivity index (χ4n) is 4.44. The molecule has 0 spiro atoms. The van der Waals surface area contributed by atoms with E-state index in [1.54, 1.807) is 24.8 Å². The molecular formula is C26H25FN10O. The average Bonchev–Trinajstić information content (AvgIpc) is 3.65. The van der Waals surface area contributed by atoms with Gasteiger partial charge in [0.25, 0.3) is 0 Å². The predicted octanol–water partition coefficient (Wildman–Crippen LogP) is 4.51. The van der Waals surface area contributed by atoms with Crippen molar-refractivity contribution in [2.24, 2.45) is 0 Å². The Morgan fingerprint density at radius 2 is 2.05 bits per heavy atom. The molecule has 38 heavy (non-hydrogen) atoms. The molecule has 1 atom stereocenters. The molecule has 6 heterocycles. The summed E-state index contributed by atoms with van der Waals surface area (Å²) in [7, 11) is 0. The zero-order valence-corrected chi connectivity index (χ0v) is 20.8. The van der Waals surface area contributed by atoms with Gasteiger partial charge in [-0.3, -0.25) is 15.1 Å². The van der Waals surface area contributed by atoms with E-state index in [1.165, 1.54) is 12.4 Å². The van der Waals surface area contributed by atoms with Crippen molar-refractivity contribution in [3.05, 3.63) is 61.0 Å². The summed E-state index contributed by atoms with van der Waals surface area (Å²) in [6, 6.07) is 3.56. The molecule has 0 aliphatic heterocycles. The number of halogens is 1. The number of aryl methyl sites for hydroxylation is 1. The lowest BCUT2D eigenvalue weighted by Gasteiger charge is -2.14. The number of hydrogen-bond donors (Lipinski definition) is 4. The van der Waals surface area contributed by atoms with Crippen molar-refractivity contribution in [2.45, 2.75) is 39.3 Å². The van der Waals surface area contributed by atoms with E-state index in [2.05, 4.69) is 52.3 Å². The zero-order valence-electron chi connectivity index (χ0n) is 20.8. The second kappa shape index (κ2) is 9.63. The summed E-state index contributed by atoms with van der Waals surface area (Å²) in [5, 5.41) is 20.7. The number of nitrogens with one attached hydrogen (secondary N) is 3. The van der Waals surface area contributed by atoms with Crippen LogP contribution >= 0.6 is 0 Å². The van der Waals surface area contributed by atoms with Crippen LogP contribution in [0.1, 0.15) is 31.9 Å². The molecule has 12 heteroatoms. The minimum Gasteiger partial charge on any atom is -0.374 e. The van der Waals surface area contributed by atoms with Crippen LogP contribution in [0.4, 0.5) is 10.1 Å². The van der Waals surface area contributed by atoms with E-state index < -0.39 is 12.0 Å². The number of pyridine rings is 3. The van der Waals surface area contributed by atoms with Crippen molar-refractivity contribution in [3.8, 4) is 28.5 Å². The average molecular weight is 513 g/mol. The molecule has 0 radical (unpaired) electrons. The first-order valence-electron chi connectivity index (χ1n) is 12.3. The Balaban J connectivity index is 1.40. The minimum atomic E-state index is -0.717. The van der Waals surface area contributed by atoms with Crippen LogP contribution < -0.4 is 5.32 Å². The van der Waals surface area contributed by atoms with E-state index in [9.17, 15) is 5.11 Å². The first kappa shape index (κ1) is 23.7. The number of anilines is 1. The fraction of sp³-hybridized carbons (Fsp3) is 0.231. The van der Waals surface area contributed by atoms with Crippen LogP contribution in [-0.2, 0) is 0 Å². The van der Waals surface area contributed by atoms with Gasteiger partial charge in [0.15, 0.2) is 17.3 Å². The van der Waals surface area contributed by atoms with Crippen molar-refractivity contribution in [1.82, 2.24) is 44.7 Å². The van der Waals surface area contributed by atoms with Crippen molar-refractivity contribution in [2.75, 3.05) is 5.32 Å². The van der Waals surface area contributed by atoms with E-state index in [4.69, 9.17) is 0 Å². The van der Waals surface area contributed by atoms with Gasteiger partial charge in [-0.25, -0.2) is 19.3 Å². The molecule has 0 aromatic carbocycles. The Bertz CT molecular complexity index is 1750. The van der Waals surface area contributed by atoms with E-state index in [-0.39, 0.29) is 11.1 Å². The number of unbranched alkanes of at least 4 members (excludes halogenated alkanes) is 1. The summed E-state index contributed by atoms with van der Waals surface area (Å²) >= 11 is 0. The Morgan fingerprint density at radius 3 is 2.87 bits per heavy atom. The number of aromatic amines is 2. The quantitative estimate of drug-likeness (QED) is 0.218. The summed E-state index contributed by atoms with van der Waals surface area (Å²) in [6.45, 7) is 3.97. The lowest BCUT2D eigenvalue weighted by Crippen LogP contribution is -2.18. The number of hydrogen-bond acceptors (Lipinski definition) is 8. The molecule has 0 aliphatic carbocycles. The number of nitrogens with zero attached hydrogens (tertiary/aromatic N) is 7. The van der Waals surface area contributed by atoms with Gasteiger partial charge in [-0.1, -0.05) is 13.3 Å². The van der Waals surface area contributed by atoms with Crippen LogP contribution in [0.15, 0.2) is 49.4 Å². The first-order valence-corrected chi connectivity index (χ1v) is 12.3. The lowest BCUT2D eigenvalue weighted by atomic mass is 10.1. The van der Waals surface area contributed by atoms with Gasteiger partial charge in [0.2, 0.25) is 0 Å². The van der Waals surface area contributed by atoms with Crippen molar-refractivity contribution in [1.29, 1.82) is 0 Å². The molecule has 0 amide bonds. The number of fused-ring (bicyclic) bond motifs is 2. The van der Waals surface area contributed by atoms with Crippen LogP contribution in [0, 0.1) is 12.7 Å². The second-order valence-electron chi connectivity index (χ2n) is 9.08. The smallest absolute Gasteiger partial charge is 0.180 e. The summed E-state index contributed by atoms with van der Waals surface area (Å²) in [6.07, 6.45) is 11.7. The van der Waals surface area contributed by atoms with Crippen LogP contribution in [0.5, 0.6) is 0 Å². The van der Waals surface area contributed by atoms with Crippen molar-refractivity contribution in [3.63, 3.8) is 0 Å². The lowest BCUT2D eigenvalue weighted by molar-refractivity contribution is 0.190. The molecule has 6 rings (SSSR count). The largest absolute Gasteiger partial charge is 0.374 e. The second-order valence-corrected chi connectivity index (χ2v) is 9.08. The fourth-order valence-corrected chi connectivity index (χ4v) is 4.44. The van der Waals surface area contributed by atoms with E-state index in [0.29, 0.717) is 45.9 Å². The van der Waals surface area contributed by atoms with Gasteiger partial charge in [0.1, 0.15) is 23.1 Å². The van der Waals surface area contributed by atoms with Crippen molar-refractivity contribution < 1.29 is 9.50 Å². The van der Waals surface area contributed by atoms with E-state index >= 15 is 4.39 Å². The van der Waals surface area contributed by atoms with E-state index in [0.717, 1.165) is 24.2 Å². The molecule has 6 aromatic rings. The highest BCUT2D eigenvalue weighted by atomic mass is 19.1. The number of aliphatic hydroxyl groups excluding tert-OH is 1. The molecule has 0 fully saturated rings. The van der Waals surface area contributed by atoms with E-state index in [1.807, 2.05) is 23.8 Å². The predicted molar refractivity (Wildman–Crippen MR) is 141 cm³/mol. The molecule has 11 nitrogen and oxygen atoms in total. The Labute approximate surface area is 216 Å². The summed E-state index contributed by atoms with van der Waals surface area (Å²) < 4.78 is 17.9. The summed E-state index contributed by atoms with van der Waals surface area (Å²) in [5.74, 6) is -0.192. The van der Waals surface area contributed by atoms with Gasteiger partial charge < -0.3 is 20.0 Å². The standard InChI is InChI=1S/C26H25FN10O/c1-3-4-5-19(38)32-16-8-15(9-28-10-16)22-21(27)20-17(11-30-22)35-36-24(20)26-33-23-18(6-7-29-25(23)34-26)37-12-14(2)31-13-37/h6-13,19,32,38H,3-5H2,1-2H3,(H,35,36)(H,29,33,34). The third kappa shape index (κ3) is 4.24. The monoisotopic (exact) mass is 512 g/mol. The van der Waals surface area contributed by atoms with Gasteiger partial charge in [-0.15, -0.1) is 0 Å². The molecule has 1 unspecified atom stereocenters. The SMILES string of the molecule is CCCCC(O)Nc1cncc(-c2ncc3[nH]nc(-c4nc5nccc(-n6cnc(C)c6)c5[nH]4)c3c2F)c1. The minimum absolute atomic E-state index is 0.114. The van der Waals surface area contributed by atoms with Crippen LogP contribution in [0.3, 0.4) is 0 Å². The Kier molecular flexibility index (Phi) is 6.00. The third-order valence-corrected chi connectivity index (χ3v) is 6.30. The van der Waals surface area contributed by atoms with Gasteiger partial charge in [0, 0.05) is 24.2 Å². The maximum atomic E-state index is 16.0. The molecule has 4 N–H and O–H groups in total. The summed E-state index contributed by atoms with van der Waals surface area (Å²) in [5.41, 5.74) is 4.73. The van der Waals surface area contributed by atoms with Gasteiger partial charge in [-0.2, -0.15) is 5.10 Å². The number of aromatic nitrogens is 9. The molecule has 0 aliphatic rings. The normalized spacial score (nSPS) is 12.4. The molecular weight excluding hydrogens is 487 g/mol. The van der Waals surface area contributed by atoms with Gasteiger partial charge in [0.05, 0.1) is 46.7 Å². The maximum Gasteiger partial charge on any atom is 0.180 e. The van der Waals surface area contributed by atoms with Crippen LogP contribution in [-0.4, -0.2) is 56.0 Å². The van der Waals surface area contributed by atoms with Gasteiger partial charge >= 0.3 is 0 Å². The number of aliphatic hydroxyl groups is 1. The summed E-state index contributed by atoms with van der Waals surface area (Å²) in [4.78, 5) is 25.1. The zero-order chi connectivity index (χ0) is 26.2. The molecule has 0 saturated carbocycles. The Morgan fingerprint density at radius 1 is 1.16 bits per heavy atom. The topological polar surface area (TPSA) is 146 Å². The van der Waals surface area contributed by atoms with Crippen LogP contribution in [0.25, 0.3) is 50.5 Å². The third-order valence-electron chi connectivity index (χ3n) is 6.30. The number of imidazole rings is 2. The molecule has 6 aromatic heterocycles. The highest BCUT2D eigenvalue weighted by molar-refractivity contribution is 5.95. The Hall–Kier alpha value is -4.71.